The van der Waals surface area contributed by atoms with Gasteiger partial charge in [0.2, 0.25) is 5.91 Å². The normalized spacial score (nSPS) is 10.3. The van der Waals surface area contributed by atoms with Crippen molar-refractivity contribution in [2.24, 2.45) is 0 Å². The zero-order valence-electron chi connectivity index (χ0n) is 13.3. The molecule has 0 aliphatic rings. The van der Waals surface area contributed by atoms with E-state index < -0.39 is 0 Å². The topological polar surface area (TPSA) is 60.7 Å². The maximum atomic E-state index is 11.9. The Hall–Kier alpha value is -2.08. The van der Waals surface area contributed by atoms with Gasteiger partial charge >= 0.3 is 0 Å². The number of benzene rings is 1. The number of nitrogens with one attached hydrogen (secondary N) is 1. The number of ether oxygens (including phenoxy) is 2. The van der Waals surface area contributed by atoms with Crippen molar-refractivity contribution < 1.29 is 18.7 Å². The molecule has 1 amide bonds. The molecule has 2 aromatic rings. The van der Waals surface area contributed by atoms with E-state index in [0.717, 1.165) is 22.8 Å². The van der Waals surface area contributed by atoms with Gasteiger partial charge in [0, 0.05) is 12.3 Å². The number of carbonyl (C=O) groups excluding carboxylic acids is 1. The minimum Gasteiger partial charge on any atom is -0.493 e. The van der Waals surface area contributed by atoms with Gasteiger partial charge in [-0.25, -0.2) is 0 Å². The summed E-state index contributed by atoms with van der Waals surface area (Å²) >= 11 is 1.73. The van der Waals surface area contributed by atoms with Gasteiger partial charge < -0.3 is 19.2 Å². The average Bonchev–Trinajstić information content (AvgIpc) is 3.07. The molecule has 23 heavy (non-hydrogen) atoms. The second-order valence-electron chi connectivity index (χ2n) is 4.85. The van der Waals surface area contributed by atoms with Gasteiger partial charge in [0.15, 0.2) is 11.5 Å². The molecular formula is C17H21NO4S. The second kappa shape index (κ2) is 9.15. The van der Waals surface area contributed by atoms with E-state index in [0.29, 0.717) is 24.5 Å². The van der Waals surface area contributed by atoms with Crippen LogP contribution in [0.25, 0.3) is 0 Å². The summed E-state index contributed by atoms with van der Waals surface area (Å²) in [6, 6.07) is 9.32. The molecule has 0 unspecified atom stereocenters. The van der Waals surface area contributed by atoms with Gasteiger partial charge in [0.25, 0.3) is 0 Å². The molecule has 1 N–H and O–H groups in total. The van der Waals surface area contributed by atoms with Crippen LogP contribution in [0.3, 0.4) is 0 Å². The predicted molar refractivity (Wildman–Crippen MR) is 91.1 cm³/mol. The van der Waals surface area contributed by atoms with E-state index in [1.807, 2.05) is 24.3 Å². The fourth-order valence-corrected chi connectivity index (χ4v) is 2.82. The summed E-state index contributed by atoms with van der Waals surface area (Å²) in [6.07, 6.45) is 1.99. The number of furan rings is 1. The Morgan fingerprint density at radius 2 is 2.04 bits per heavy atom. The Balaban J connectivity index is 1.70. The third-order valence-corrected chi connectivity index (χ3v) is 4.19. The fourth-order valence-electron chi connectivity index (χ4n) is 2.07. The first kappa shape index (κ1) is 17.3. The van der Waals surface area contributed by atoms with Crippen LogP contribution in [0, 0.1) is 0 Å². The SMILES string of the molecule is COc1ccc(CC(=O)NCCSCc2ccco2)cc1OC. The molecule has 1 heterocycles. The van der Waals surface area contributed by atoms with Gasteiger partial charge in [-0.1, -0.05) is 6.07 Å². The molecule has 1 aromatic carbocycles. The lowest BCUT2D eigenvalue weighted by Crippen LogP contribution is -2.27. The van der Waals surface area contributed by atoms with Crippen molar-refractivity contribution >= 4 is 17.7 Å². The molecule has 1 aromatic heterocycles. The number of rotatable bonds is 9. The van der Waals surface area contributed by atoms with Crippen molar-refractivity contribution in [3.63, 3.8) is 0 Å². The molecular weight excluding hydrogens is 314 g/mol. The number of methoxy groups -OCH3 is 2. The maximum absolute atomic E-state index is 11.9. The van der Waals surface area contributed by atoms with Crippen molar-refractivity contribution in [2.75, 3.05) is 26.5 Å². The Kier molecular flexibility index (Phi) is 6.87. The van der Waals surface area contributed by atoms with Gasteiger partial charge in [-0.15, -0.1) is 0 Å². The molecule has 0 radical (unpaired) electrons. The molecule has 0 aliphatic carbocycles. The average molecular weight is 335 g/mol. The van der Waals surface area contributed by atoms with Crippen LogP contribution >= 0.6 is 11.8 Å². The molecule has 0 fully saturated rings. The zero-order chi connectivity index (χ0) is 16.5. The van der Waals surface area contributed by atoms with Crippen LogP contribution in [0.2, 0.25) is 0 Å². The van der Waals surface area contributed by atoms with E-state index >= 15 is 0 Å². The van der Waals surface area contributed by atoms with E-state index in [1.165, 1.54) is 0 Å². The van der Waals surface area contributed by atoms with Crippen LogP contribution in [0.4, 0.5) is 0 Å². The number of thioether (sulfide) groups is 1. The first-order valence-electron chi connectivity index (χ1n) is 7.30. The first-order valence-corrected chi connectivity index (χ1v) is 8.46. The molecule has 0 saturated carbocycles. The number of hydrogen-bond donors (Lipinski definition) is 1. The molecule has 0 saturated heterocycles. The third kappa shape index (κ3) is 5.56. The van der Waals surface area contributed by atoms with Crippen molar-refractivity contribution in [3.05, 3.63) is 47.9 Å². The largest absolute Gasteiger partial charge is 0.493 e. The minimum atomic E-state index is -0.00387. The van der Waals surface area contributed by atoms with Crippen molar-refractivity contribution in [1.82, 2.24) is 5.32 Å². The summed E-state index contributed by atoms with van der Waals surface area (Å²) < 4.78 is 15.7. The number of amides is 1. The lowest BCUT2D eigenvalue weighted by atomic mass is 10.1. The lowest BCUT2D eigenvalue weighted by molar-refractivity contribution is -0.120. The monoisotopic (exact) mass is 335 g/mol. The quantitative estimate of drug-likeness (QED) is 0.714. The van der Waals surface area contributed by atoms with Crippen LogP contribution in [-0.2, 0) is 17.0 Å². The maximum Gasteiger partial charge on any atom is 0.224 e. The Labute approximate surface area is 140 Å². The minimum absolute atomic E-state index is 0.00387. The Bertz CT molecular complexity index is 613. The molecule has 0 atom stereocenters. The van der Waals surface area contributed by atoms with Crippen LogP contribution in [0.5, 0.6) is 11.5 Å². The third-order valence-electron chi connectivity index (χ3n) is 3.21. The van der Waals surface area contributed by atoms with Crippen LogP contribution in [-0.4, -0.2) is 32.4 Å². The fraction of sp³-hybridized carbons (Fsp3) is 0.353. The van der Waals surface area contributed by atoms with E-state index in [-0.39, 0.29) is 5.91 Å². The summed E-state index contributed by atoms with van der Waals surface area (Å²) in [4.78, 5) is 11.9. The highest BCUT2D eigenvalue weighted by atomic mass is 32.2. The van der Waals surface area contributed by atoms with Crippen molar-refractivity contribution in [2.45, 2.75) is 12.2 Å². The Morgan fingerprint density at radius 1 is 1.22 bits per heavy atom. The summed E-state index contributed by atoms with van der Waals surface area (Å²) in [6.45, 7) is 0.636. The highest BCUT2D eigenvalue weighted by Gasteiger charge is 2.08. The predicted octanol–water partition coefficient (Wildman–Crippen LogP) is 2.89. The highest BCUT2D eigenvalue weighted by molar-refractivity contribution is 7.98. The van der Waals surface area contributed by atoms with Gasteiger partial charge in [-0.3, -0.25) is 4.79 Å². The summed E-state index contributed by atoms with van der Waals surface area (Å²) in [7, 11) is 3.17. The molecule has 5 nitrogen and oxygen atoms in total. The zero-order valence-corrected chi connectivity index (χ0v) is 14.2. The second-order valence-corrected chi connectivity index (χ2v) is 5.95. The van der Waals surface area contributed by atoms with E-state index in [4.69, 9.17) is 13.9 Å². The molecule has 6 heteroatoms. The van der Waals surface area contributed by atoms with Crippen molar-refractivity contribution in [1.29, 1.82) is 0 Å². The number of hydrogen-bond acceptors (Lipinski definition) is 5. The van der Waals surface area contributed by atoms with Gasteiger partial charge in [0.05, 0.1) is 32.7 Å². The summed E-state index contributed by atoms with van der Waals surface area (Å²) in [5.41, 5.74) is 0.892. The van der Waals surface area contributed by atoms with Crippen LogP contribution in [0.15, 0.2) is 41.0 Å². The summed E-state index contributed by atoms with van der Waals surface area (Å²) in [5.74, 6) is 3.90. The van der Waals surface area contributed by atoms with Gasteiger partial charge in [0.1, 0.15) is 5.76 Å². The molecule has 0 spiro atoms. The standard InChI is InChI=1S/C17H21NO4S/c1-20-15-6-5-13(10-16(15)21-2)11-17(19)18-7-9-23-12-14-4-3-8-22-14/h3-6,8,10H,7,9,11-12H2,1-2H3,(H,18,19). The van der Waals surface area contributed by atoms with Crippen LogP contribution in [0.1, 0.15) is 11.3 Å². The highest BCUT2D eigenvalue weighted by Crippen LogP contribution is 2.27. The smallest absolute Gasteiger partial charge is 0.224 e. The lowest BCUT2D eigenvalue weighted by Gasteiger charge is -2.10. The first-order chi connectivity index (χ1) is 11.2. The van der Waals surface area contributed by atoms with Crippen molar-refractivity contribution in [3.8, 4) is 11.5 Å². The van der Waals surface area contributed by atoms with Gasteiger partial charge in [-0.2, -0.15) is 11.8 Å². The molecule has 0 aliphatic heterocycles. The molecule has 2 rings (SSSR count). The van der Waals surface area contributed by atoms with Gasteiger partial charge in [-0.05, 0) is 29.8 Å². The van der Waals surface area contributed by atoms with Crippen LogP contribution < -0.4 is 14.8 Å². The van der Waals surface area contributed by atoms with E-state index in [2.05, 4.69) is 5.32 Å². The summed E-state index contributed by atoms with van der Waals surface area (Å²) in [5, 5.41) is 2.91. The van der Waals surface area contributed by atoms with E-state index in [9.17, 15) is 4.79 Å². The molecule has 124 valence electrons. The van der Waals surface area contributed by atoms with E-state index in [1.54, 1.807) is 38.3 Å². The molecule has 0 bridgehead atoms. The Morgan fingerprint density at radius 3 is 2.74 bits per heavy atom. The number of carbonyl (C=O) groups is 1.